The highest BCUT2D eigenvalue weighted by Crippen LogP contribution is 2.27. The Labute approximate surface area is 185 Å². The molecule has 0 aromatic heterocycles. The summed E-state index contributed by atoms with van der Waals surface area (Å²) in [7, 11) is 0. The highest BCUT2D eigenvalue weighted by Gasteiger charge is 2.09. The summed E-state index contributed by atoms with van der Waals surface area (Å²) in [6.45, 7) is 1.93. The lowest BCUT2D eigenvalue weighted by Gasteiger charge is -2.14. The Kier molecular flexibility index (Phi) is 6.38. The number of ether oxygens (including phenoxy) is 1. The van der Waals surface area contributed by atoms with Crippen molar-refractivity contribution in [2.24, 2.45) is 0 Å². The third-order valence-electron chi connectivity index (χ3n) is 4.82. The van der Waals surface area contributed by atoms with Gasteiger partial charge in [0, 0.05) is 17.8 Å². The van der Waals surface area contributed by atoms with E-state index in [2.05, 4.69) is 28.8 Å². The van der Waals surface area contributed by atoms with Crippen LogP contribution in [0.5, 0.6) is 11.5 Å². The number of hydrogen-bond acceptors (Lipinski definition) is 3. The summed E-state index contributed by atoms with van der Waals surface area (Å²) in [5.74, 6) is 1.20. The van der Waals surface area contributed by atoms with Gasteiger partial charge in [-0.05, 0) is 78.7 Å². The van der Waals surface area contributed by atoms with Crippen molar-refractivity contribution in [1.29, 1.82) is 0 Å². The summed E-state index contributed by atoms with van der Waals surface area (Å²) < 4.78 is 5.92. The molecular formula is C24H20Cl2N2O2. The molecule has 6 heteroatoms. The number of benzene rings is 3. The van der Waals surface area contributed by atoms with Gasteiger partial charge in [0.2, 0.25) is 0 Å². The van der Waals surface area contributed by atoms with Gasteiger partial charge in [0.15, 0.2) is 0 Å². The first-order valence-electron chi connectivity index (χ1n) is 9.63. The normalized spacial score (nSPS) is 13.5. The molecule has 0 atom stereocenters. The minimum absolute atomic E-state index is 0.259. The number of rotatable bonds is 5. The van der Waals surface area contributed by atoms with Crippen LogP contribution in [0.1, 0.15) is 22.3 Å². The number of hydrogen-bond donors (Lipinski definition) is 2. The molecule has 4 rings (SSSR count). The van der Waals surface area contributed by atoms with Crippen molar-refractivity contribution in [3.63, 3.8) is 0 Å². The van der Waals surface area contributed by atoms with Crippen LogP contribution in [0.4, 0.5) is 5.69 Å². The predicted molar refractivity (Wildman–Crippen MR) is 123 cm³/mol. The van der Waals surface area contributed by atoms with E-state index in [4.69, 9.17) is 27.9 Å². The highest BCUT2D eigenvalue weighted by atomic mass is 35.5. The Morgan fingerprint density at radius 2 is 1.60 bits per heavy atom. The van der Waals surface area contributed by atoms with Gasteiger partial charge >= 0.3 is 0 Å². The lowest BCUT2D eigenvalue weighted by Crippen LogP contribution is -2.19. The molecule has 1 amide bonds. The van der Waals surface area contributed by atoms with Crippen LogP contribution in [0.2, 0.25) is 10.0 Å². The summed E-state index contributed by atoms with van der Waals surface area (Å²) >= 11 is 11.9. The van der Waals surface area contributed by atoms with E-state index in [-0.39, 0.29) is 5.91 Å². The molecule has 4 nitrogen and oxygen atoms in total. The number of carbonyl (C=O) groups is 1. The lowest BCUT2D eigenvalue weighted by atomic mass is 10.0. The van der Waals surface area contributed by atoms with Gasteiger partial charge < -0.3 is 15.4 Å². The molecule has 0 radical (unpaired) electrons. The molecule has 0 fully saturated rings. The first-order chi connectivity index (χ1) is 14.6. The number of halogens is 2. The summed E-state index contributed by atoms with van der Waals surface area (Å²) in [5.41, 5.74) is 3.69. The van der Waals surface area contributed by atoms with Gasteiger partial charge in [-0.3, -0.25) is 4.79 Å². The van der Waals surface area contributed by atoms with Crippen molar-refractivity contribution in [3.8, 4) is 11.5 Å². The molecule has 3 aromatic carbocycles. The van der Waals surface area contributed by atoms with E-state index in [0.29, 0.717) is 27.0 Å². The Morgan fingerprint density at radius 3 is 2.23 bits per heavy atom. The molecule has 0 spiro atoms. The third-order valence-corrected chi connectivity index (χ3v) is 5.56. The molecule has 0 unspecified atom stereocenters. The standard InChI is InChI=1S/C24H20Cl2N2O2/c25-22-10-3-18(15-23(22)26)24(29)28-19-4-8-21(9-5-19)30-20-6-1-16(2-7-20)17-11-13-27-14-12-17/h1-11,15,27H,12-14H2,(H,28,29). The maximum absolute atomic E-state index is 12.4. The number of carbonyl (C=O) groups excluding carboxylic acids is 1. The van der Waals surface area contributed by atoms with Gasteiger partial charge in [0.1, 0.15) is 11.5 Å². The van der Waals surface area contributed by atoms with E-state index in [0.717, 1.165) is 25.3 Å². The van der Waals surface area contributed by atoms with E-state index in [1.165, 1.54) is 11.1 Å². The van der Waals surface area contributed by atoms with Gasteiger partial charge in [-0.15, -0.1) is 0 Å². The molecule has 0 saturated heterocycles. The highest BCUT2D eigenvalue weighted by molar-refractivity contribution is 6.42. The quantitative estimate of drug-likeness (QED) is 0.483. The maximum atomic E-state index is 12.4. The van der Waals surface area contributed by atoms with Crippen LogP contribution in [0.15, 0.2) is 72.8 Å². The van der Waals surface area contributed by atoms with Gasteiger partial charge in [-0.2, -0.15) is 0 Å². The second kappa shape index (κ2) is 9.35. The summed E-state index contributed by atoms with van der Waals surface area (Å²) in [4.78, 5) is 12.4. The lowest BCUT2D eigenvalue weighted by molar-refractivity contribution is 0.102. The van der Waals surface area contributed by atoms with E-state index in [1.54, 1.807) is 30.3 Å². The Morgan fingerprint density at radius 1 is 0.900 bits per heavy atom. The van der Waals surface area contributed by atoms with Crippen molar-refractivity contribution in [3.05, 3.63) is 94.0 Å². The fourth-order valence-electron chi connectivity index (χ4n) is 3.20. The molecule has 0 aliphatic carbocycles. The molecule has 1 aliphatic rings. The maximum Gasteiger partial charge on any atom is 0.255 e. The molecular weight excluding hydrogens is 419 g/mol. The first-order valence-corrected chi connectivity index (χ1v) is 10.4. The minimum Gasteiger partial charge on any atom is -0.457 e. The monoisotopic (exact) mass is 438 g/mol. The number of anilines is 1. The number of amides is 1. The van der Waals surface area contributed by atoms with Crippen LogP contribution in [0, 0.1) is 0 Å². The van der Waals surface area contributed by atoms with Crippen LogP contribution in [-0.2, 0) is 0 Å². The van der Waals surface area contributed by atoms with Gasteiger partial charge in [-0.1, -0.05) is 41.4 Å². The molecule has 0 saturated carbocycles. The van der Waals surface area contributed by atoms with Crippen molar-refractivity contribution >= 4 is 40.4 Å². The summed E-state index contributed by atoms with van der Waals surface area (Å²) in [6.07, 6.45) is 3.26. The minimum atomic E-state index is -0.259. The SMILES string of the molecule is O=C(Nc1ccc(Oc2ccc(C3=CCNCC3)cc2)cc1)c1ccc(Cl)c(Cl)c1. The molecule has 3 aromatic rings. The first kappa shape index (κ1) is 20.5. The Balaban J connectivity index is 1.38. The van der Waals surface area contributed by atoms with E-state index in [1.807, 2.05) is 24.3 Å². The molecule has 30 heavy (non-hydrogen) atoms. The van der Waals surface area contributed by atoms with Crippen molar-refractivity contribution < 1.29 is 9.53 Å². The van der Waals surface area contributed by atoms with Crippen molar-refractivity contribution in [2.45, 2.75) is 6.42 Å². The molecule has 1 aliphatic heterocycles. The van der Waals surface area contributed by atoms with Crippen molar-refractivity contribution in [1.82, 2.24) is 5.32 Å². The predicted octanol–water partition coefficient (Wildman–Crippen LogP) is 6.41. The molecule has 152 valence electrons. The Bertz CT molecular complexity index is 1080. The summed E-state index contributed by atoms with van der Waals surface area (Å²) in [5, 5.41) is 6.91. The van der Waals surface area contributed by atoms with Crippen LogP contribution in [0.3, 0.4) is 0 Å². The largest absolute Gasteiger partial charge is 0.457 e. The fraction of sp³-hybridized carbons (Fsp3) is 0.125. The van der Waals surface area contributed by atoms with Gasteiger partial charge in [-0.25, -0.2) is 0 Å². The second-order valence-corrected chi connectivity index (χ2v) is 7.73. The van der Waals surface area contributed by atoms with Crippen molar-refractivity contribution in [2.75, 3.05) is 18.4 Å². The van der Waals surface area contributed by atoms with Crippen LogP contribution < -0.4 is 15.4 Å². The van der Waals surface area contributed by atoms with Crippen LogP contribution in [0.25, 0.3) is 5.57 Å². The molecule has 1 heterocycles. The Hall–Kier alpha value is -2.79. The van der Waals surface area contributed by atoms with E-state index < -0.39 is 0 Å². The average molecular weight is 439 g/mol. The zero-order chi connectivity index (χ0) is 20.9. The van der Waals surface area contributed by atoms with Gasteiger partial charge in [0.05, 0.1) is 10.0 Å². The number of nitrogens with one attached hydrogen (secondary N) is 2. The molecule has 0 bridgehead atoms. The van der Waals surface area contributed by atoms with Crippen LogP contribution >= 0.6 is 23.2 Å². The van der Waals surface area contributed by atoms with E-state index >= 15 is 0 Å². The third kappa shape index (κ3) is 5.03. The fourth-order valence-corrected chi connectivity index (χ4v) is 3.50. The molecule has 2 N–H and O–H groups in total. The summed E-state index contributed by atoms with van der Waals surface area (Å²) in [6, 6.07) is 20.1. The average Bonchev–Trinajstić information content (AvgIpc) is 2.78. The smallest absolute Gasteiger partial charge is 0.255 e. The second-order valence-electron chi connectivity index (χ2n) is 6.92. The van der Waals surface area contributed by atoms with Gasteiger partial charge in [0.25, 0.3) is 5.91 Å². The van der Waals surface area contributed by atoms with Crippen LogP contribution in [-0.4, -0.2) is 19.0 Å². The zero-order valence-corrected chi connectivity index (χ0v) is 17.6. The van der Waals surface area contributed by atoms with E-state index in [9.17, 15) is 4.79 Å². The zero-order valence-electron chi connectivity index (χ0n) is 16.1. The topological polar surface area (TPSA) is 50.4 Å².